The molecule has 2 atom stereocenters. The van der Waals surface area contributed by atoms with Crippen LogP contribution < -0.4 is 14.2 Å². The van der Waals surface area contributed by atoms with Gasteiger partial charge in [0, 0.05) is 18.5 Å². The van der Waals surface area contributed by atoms with E-state index in [4.69, 9.17) is 14.2 Å². The minimum atomic E-state index is -0.186. The Labute approximate surface area is 178 Å². The second-order valence-corrected chi connectivity index (χ2v) is 9.64. The number of nitrogens with zero attached hydrogens (tertiary/aromatic N) is 1. The maximum absolute atomic E-state index is 13.4. The average molecular weight is 414 g/mol. The Balaban J connectivity index is 1.45. The molecule has 162 valence electrons. The maximum Gasteiger partial charge on any atom is 0.231 e. The molecule has 4 nitrogen and oxygen atoms in total. The summed E-state index contributed by atoms with van der Waals surface area (Å²) in [6.45, 7) is 10.9. The van der Waals surface area contributed by atoms with E-state index in [1.807, 2.05) is 30.3 Å². The maximum atomic E-state index is 13.4. The number of rotatable bonds is 6. The van der Waals surface area contributed by atoms with Crippen molar-refractivity contribution in [3.8, 4) is 17.2 Å². The molecular weight excluding hydrogens is 381 g/mol. The summed E-state index contributed by atoms with van der Waals surface area (Å²) in [6.07, 6.45) is 2.23. The van der Waals surface area contributed by atoms with Crippen molar-refractivity contribution in [2.45, 2.75) is 39.5 Å². The highest BCUT2D eigenvalue weighted by Crippen LogP contribution is 2.37. The average Bonchev–Trinajstić information content (AvgIpc) is 3.19. The fourth-order valence-electron chi connectivity index (χ4n) is 4.29. The van der Waals surface area contributed by atoms with Gasteiger partial charge in [0.15, 0.2) is 11.5 Å². The van der Waals surface area contributed by atoms with Crippen molar-refractivity contribution in [1.29, 1.82) is 0 Å². The van der Waals surface area contributed by atoms with Crippen molar-refractivity contribution in [1.82, 2.24) is 4.90 Å². The van der Waals surface area contributed by atoms with Crippen LogP contribution in [0.2, 0.25) is 0 Å². The normalized spacial score (nSPS) is 21.6. The lowest BCUT2D eigenvalue weighted by atomic mass is 9.80. The smallest absolute Gasteiger partial charge is 0.231 e. The fraction of sp³-hybridized carbons (Fsp3) is 0.520. The molecule has 0 N–H and O–H groups in total. The molecule has 0 amide bonds. The molecule has 2 aliphatic heterocycles. The molecule has 0 radical (unpaired) electrons. The molecule has 2 aromatic carbocycles. The molecule has 2 aliphatic rings. The molecule has 0 aliphatic carbocycles. The molecule has 30 heavy (non-hydrogen) atoms. The summed E-state index contributed by atoms with van der Waals surface area (Å²) in [6, 6.07) is 12.7. The highest BCUT2D eigenvalue weighted by Gasteiger charge is 2.31. The van der Waals surface area contributed by atoms with Gasteiger partial charge in [-0.15, -0.1) is 0 Å². The minimum Gasteiger partial charge on any atom is -0.493 e. The van der Waals surface area contributed by atoms with Gasteiger partial charge in [0.2, 0.25) is 6.79 Å². The van der Waals surface area contributed by atoms with Crippen molar-refractivity contribution >= 4 is 0 Å². The second-order valence-electron chi connectivity index (χ2n) is 9.64. The van der Waals surface area contributed by atoms with E-state index in [-0.39, 0.29) is 12.6 Å². The van der Waals surface area contributed by atoms with Gasteiger partial charge in [-0.2, -0.15) is 0 Å². The molecule has 5 heteroatoms. The molecule has 2 heterocycles. The summed E-state index contributed by atoms with van der Waals surface area (Å²) < 4.78 is 30.5. The first-order chi connectivity index (χ1) is 14.4. The van der Waals surface area contributed by atoms with Crippen molar-refractivity contribution in [2.75, 3.05) is 33.0 Å². The van der Waals surface area contributed by atoms with Crippen LogP contribution in [0.3, 0.4) is 0 Å². The number of hydrogen-bond acceptors (Lipinski definition) is 4. The number of piperidine rings is 1. The van der Waals surface area contributed by atoms with Crippen molar-refractivity contribution in [2.24, 2.45) is 11.3 Å². The molecule has 0 unspecified atom stereocenters. The number of ether oxygens (including phenoxy) is 3. The van der Waals surface area contributed by atoms with E-state index in [2.05, 4.69) is 25.7 Å². The Morgan fingerprint density at radius 3 is 2.60 bits per heavy atom. The zero-order valence-electron chi connectivity index (χ0n) is 18.2. The second kappa shape index (κ2) is 8.84. The molecule has 0 saturated carbocycles. The summed E-state index contributed by atoms with van der Waals surface area (Å²) in [5.41, 5.74) is 1.53. The molecule has 2 aromatic rings. The third-order valence-electron chi connectivity index (χ3n) is 6.10. The molecular formula is C25H32FNO3. The van der Waals surface area contributed by atoms with E-state index < -0.39 is 0 Å². The SMILES string of the molecule is CC(C)(C)CCN1CC[C@H](c2ccc(F)cc2)[C@@H](COc2ccc3c(c2)OCO3)C1. The van der Waals surface area contributed by atoms with Crippen LogP contribution in [-0.2, 0) is 0 Å². The van der Waals surface area contributed by atoms with Gasteiger partial charge >= 0.3 is 0 Å². The van der Waals surface area contributed by atoms with Crippen LogP contribution in [0, 0.1) is 17.2 Å². The van der Waals surface area contributed by atoms with E-state index in [1.54, 1.807) is 12.1 Å². The predicted octanol–water partition coefficient (Wildman–Crippen LogP) is 5.48. The Morgan fingerprint density at radius 1 is 1.07 bits per heavy atom. The van der Waals surface area contributed by atoms with E-state index >= 15 is 0 Å². The van der Waals surface area contributed by atoms with Crippen LogP contribution in [0.25, 0.3) is 0 Å². The van der Waals surface area contributed by atoms with Crippen LogP contribution >= 0.6 is 0 Å². The fourth-order valence-corrected chi connectivity index (χ4v) is 4.29. The molecule has 0 aromatic heterocycles. The van der Waals surface area contributed by atoms with Gasteiger partial charge in [-0.05, 0) is 67.1 Å². The topological polar surface area (TPSA) is 30.9 Å². The van der Waals surface area contributed by atoms with Gasteiger partial charge in [0.05, 0.1) is 6.61 Å². The lowest BCUT2D eigenvalue weighted by Gasteiger charge is -2.39. The van der Waals surface area contributed by atoms with Gasteiger partial charge in [0.25, 0.3) is 0 Å². The van der Waals surface area contributed by atoms with Crippen molar-refractivity contribution < 1.29 is 18.6 Å². The van der Waals surface area contributed by atoms with E-state index in [1.165, 1.54) is 12.0 Å². The Hall–Kier alpha value is -2.27. The van der Waals surface area contributed by atoms with E-state index in [0.717, 1.165) is 43.3 Å². The van der Waals surface area contributed by atoms with Crippen LogP contribution in [0.15, 0.2) is 42.5 Å². The lowest BCUT2D eigenvalue weighted by molar-refractivity contribution is 0.102. The molecule has 4 rings (SSSR count). The summed E-state index contributed by atoms with van der Waals surface area (Å²) in [5.74, 6) is 2.81. The van der Waals surface area contributed by atoms with Crippen LogP contribution in [0.4, 0.5) is 4.39 Å². The quantitative estimate of drug-likeness (QED) is 0.628. The first kappa shape index (κ1) is 21.0. The van der Waals surface area contributed by atoms with Crippen molar-refractivity contribution in [3.63, 3.8) is 0 Å². The minimum absolute atomic E-state index is 0.186. The molecule has 1 saturated heterocycles. The largest absolute Gasteiger partial charge is 0.493 e. The summed E-state index contributed by atoms with van der Waals surface area (Å²) in [5, 5.41) is 0. The predicted molar refractivity (Wildman–Crippen MR) is 116 cm³/mol. The standard InChI is InChI=1S/C25H32FNO3/c1-25(2,3)11-13-27-12-10-22(18-4-6-20(26)7-5-18)19(15-27)16-28-21-8-9-23-24(14-21)30-17-29-23/h4-9,14,19,22H,10-13,15-17H2,1-3H3/t19-,22-/m1/s1. The third-order valence-corrected chi connectivity index (χ3v) is 6.10. The first-order valence-electron chi connectivity index (χ1n) is 10.9. The molecule has 1 fully saturated rings. The molecule has 0 spiro atoms. The van der Waals surface area contributed by atoms with E-state index in [9.17, 15) is 4.39 Å². The van der Waals surface area contributed by atoms with Crippen LogP contribution in [0.1, 0.15) is 45.1 Å². The Morgan fingerprint density at radius 2 is 1.83 bits per heavy atom. The number of hydrogen-bond donors (Lipinski definition) is 0. The van der Waals surface area contributed by atoms with Gasteiger partial charge in [0.1, 0.15) is 11.6 Å². The summed E-state index contributed by atoms with van der Waals surface area (Å²) in [7, 11) is 0. The van der Waals surface area contributed by atoms with Crippen LogP contribution in [-0.4, -0.2) is 37.9 Å². The lowest BCUT2D eigenvalue weighted by Crippen LogP contribution is -2.43. The number of fused-ring (bicyclic) bond motifs is 1. The van der Waals surface area contributed by atoms with Gasteiger partial charge in [-0.1, -0.05) is 32.9 Å². The van der Waals surface area contributed by atoms with E-state index in [0.29, 0.717) is 23.9 Å². The van der Waals surface area contributed by atoms with Crippen molar-refractivity contribution in [3.05, 3.63) is 53.8 Å². The number of likely N-dealkylation sites (tertiary alicyclic amines) is 1. The third kappa shape index (κ3) is 5.25. The van der Waals surface area contributed by atoms with Gasteiger partial charge in [-0.3, -0.25) is 0 Å². The number of benzene rings is 2. The Bertz CT molecular complexity index is 846. The summed E-state index contributed by atoms with van der Waals surface area (Å²) >= 11 is 0. The summed E-state index contributed by atoms with van der Waals surface area (Å²) in [4.78, 5) is 2.55. The Kier molecular flexibility index (Phi) is 6.19. The van der Waals surface area contributed by atoms with Crippen LogP contribution in [0.5, 0.6) is 17.2 Å². The molecule has 0 bridgehead atoms. The zero-order valence-corrected chi connectivity index (χ0v) is 18.2. The van der Waals surface area contributed by atoms with Gasteiger partial charge in [-0.25, -0.2) is 4.39 Å². The zero-order chi connectivity index (χ0) is 21.1. The highest BCUT2D eigenvalue weighted by molar-refractivity contribution is 5.46. The number of halogens is 1. The first-order valence-corrected chi connectivity index (χ1v) is 10.9. The highest BCUT2D eigenvalue weighted by atomic mass is 19.1. The van der Waals surface area contributed by atoms with Gasteiger partial charge < -0.3 is 19.1 Å². The monoisotopic (exact) mass is 413 g/mol.